The molecule has 0 aromatic carbocycles. The van der Waals surface area contributed by atoms with E-state index in [1.807, 2.05) is 6.92 Å². The summed E-state index contributed by atoms with van der Waals surface area (Å²) in [4.78, 5) is 11.2. The molecule has 2 aliphatic rings. The first-order valence-corrected chi connectivity index (χ1v) is 4.15. The van der Waals surface area contributed by atoms with Crippen molar-refractivity contribution in [2.24, 2.45) is 5.92 Å². The SMILES string of the molecule is COC(=O)C1C2NCCOC21C. The molecule has 0 amide bonds. The van der Waals surface area contributed by atoms with Crippen LogP contribution in [0.3, 0.4) is 0 Å². The van der Waals surface area contributed by atoms with E-state index in [4.69, 9.17) is 4.74 Å². The highest BCUT2D eigenvalue weighted by Crippen LogP contribution is 2.48. The third kappa shape index (κ3) is 0.881. The summed E-state index contributed by atoms with van der Waals surface area (Å²) in [7, 11) is 1.41. The van der Waals surface area contributed by atoms with Crippen LogP contribution in [0.2, 0.25) is 0 Å². The standard InChI is InChI=1S/C8H13NO3/c1-8-5(7(10)11-2)6(8)9-3-4-12-8/h5-6,9H,3-4H2,1-2H3. The first-order valence-electron chi connectivity index (χ1n) is 4.15. The van der Waals surface area contributed by atoms with E-state index in [-0.39, 0.29) is 23.5 Å². The van der Waals surface area contributed by atoms with E-state index in [1.54, 1.807) is 0 Å². The van der Waals surface area contributed by atoms with Gasteiger partial charge < -0.3 is 14.8 Å². The smallest absolute Gasteiger partial charge is 0.313 e. The third-order valence-electron chi connectivity index (χ3n) is 2.79. The minimum absolute atomic E-state index is 0.106. The molecule has 0 aromatic rings. The quantitative estimate of drug-likeness (QED) is 0.542. The molecular formula is C8H13NO3. The minimum Gasteiger partial charge on any atom is -0.469 e. The van der Waals surface area contributed by atoms with Gasteiger partial charge in [0.1, 0.15) is 5.92 Å². The van der Waals surface area contributed by atoms with Crippen LogP contribution in [0.25, 0.3) is 0 Å². The molecule has 0 spiro atoms. The molecule has 1 aliphatic carbocycles. The van der Waals surface area contributed by atoms with Gasteiger partial charge >= 0.3 is 5.97 Å². The molecule has 1 N–H and O–H groups in total. The number of esters is 1. The van der Waals surface area contributed by atoms with Crippen molar-refractivity contribution in [3.8, 4) is 0 Å². The molecule has 2 rings (SSSR count). The molecular weight excluding hydrogens is 158 g/mol. The fourth-order valence-corrected chi connectivity index (χ4v) is 1.97. The van der Waals surface area contributed by atoms with Gasteiger partial charge in [0.25, 0.3) is 0 Å². The summed E-state index contributed by atoms with van der Waals surface area (Å²) in [6.07, 6.45) is 0. The normalized spacial score (nSPS) is 44.8. The zero-order valence-electron chi connectivity index (χ0n) is 7.29. The lowest BCUT2D eigenvalue weighted by Crippen LogP contribution is -2.36. The van der Waals surface area contributed by atoms with Crippen molar-refractivity contribution in [1.29, 1.82) is 0 Å². The van der Waals surface area contributed by atoms with Gasteiger partial charge in [-0.25, -0.2) is 0 Å². The second-order valence-corrected chi connectivity index (χ2v) is 3.46. The number of ether oxygens (including phenoxy) is 2. The van der Waals surface area contributed by atoms with Crippen molar-refractivity contribution in [3.63, 3.8) is 0 Å². The Labute approximate surface area is 71.2 Å². The van der Waals surface area contributed by atoms with Crippen molar-refractivity contribution >= 4 is 5.97 Å². The zero-order valence-corrected chi connectivity index (χ0v) is 7.29. The number of fused-ring (bicyclic) bond motifs is 1. The van der Waals surface area contributed by atoms with Gasteiger partial charge in [-0.3, -0.25) is 4.79 Å². The lowest BCUT2D eigenvalue weighted by atomic mass is 10.3. The molecule has 1 saturated carbocycles. The van der Waals surface area contributed by atoms with E-state index in [0.717, 1.165) is 6.54 Å². The second kappa shape index (κ2) is 2.44. The Morgan fingerprint density at radius 3 is 3.00 bits per heavy atom. The Balaban J connectivity index is 2.07. The van der Waals surface area contributed by atoms with Gasteiger partial charge in [0, 0.05) is 6.54 Å². The molecule has 12 heavy (non-hydrogen) atoms. The topological polar surface area (TPSA) is 47.6 Å². The fourth-order valence-electron chi connectivity index (χ4n) is 1.97. The maximum Gasteiger partial charge on any atom is 0.313 e. The molecule has 3 unspecified atom stereocenters. The predicted octanol–water partition coefficient (Wildman–Crippen LogP) is -0.464. The lowest BCUT2D eigenvalue weighted by molar-refractivity contribution is -0.144. The summed E-state index contributed by atoms with van der Waals surface area (Å²) in [5.74, 6) is -0.276. The van der Waals surface area contributed by atoms with Crippen LogP contribution in [-0.2, 0) is 14.3 Å². The Morgan fingerprint density at radius 2 is 2.50 bits per heavy atom. The van der Waals surface area contributed by atoms with E-state index in [9.17, 15) is 4.79 Å². The Bertz CT molecular complexity index is 218. The van der Waals surface area contributed by atoms with Crippen molar-refractivity contribution in [2.75, 3.05) is 20.3 Å². The molecule has 0 radical (unpaired) electrons. The highest BCUT2D eigenvalue weighted by molar-refractivity contribution is 5.79. The lowest BCUT2D eigenvalue weighted by Gasteiger charge is -2.18. The number of carbonyl (C=O) groups excluding carboxylic acids is 1. The molecule has 4 nitrogen and oxygen atoms in total. The molecule has 4 heteroatoms. The van der Waals surface area contributed by atoms with Crippen LogP contribution in [-0.4, -0.2) is 37.9 Å². The molecule has 0 bridgehead atoms. The summed E-state index contributed by atoms with van der Waals surface area (Å²) in [5.41, 5.74) is -0.300. The average molecular weight is 171 g/mol. The maximum absolute atomic E-state index is 11.2. The van der Waals surface area contributed by atoms with E-state index in [1.165, 1.54) is 7.11 Å². The van der Waals surface area contributed by atoms with Crippen LogP contribution in [0, 0.1) is 5.92 Å². The van der Waals surface area contributed by atoms with Crippen LogP contribution in [0.4, 0.5) is 0 Å². The Morgan fingerprint density at radius 1 is 1.75 bits per heavy atom. The number of methoxy groups -OCH3 is 1. The van der Waals surface area contributed by atoms with Crippen molar-refractivity contribution < 1.29 is 14.3 Å². The van der Waals surface area contributed by atoms with Crippen LogP contribution in [0.15, 0.2) is 0 Å². The van der Waals surface area contributed by atoms with E-state index >= 15 is 0 Å². The number of carbonyl (C=O) groups is 1. The highest BCUT2D eigenvalue weighted by atomic mass is 16.5. The predicted molar refractivity (Wildman–Crippen MR) is 41.7 cm³/mol. The van der Waals surface area contributed by atoms with Gasteiger partial charge in [-0.2, -0.15) is 0 Å². The van der Waals surface area contributed by atoms with Gasteiger partial charge in [0.2, 0.25) is 0 Å². The minimum atomic E-state index is -0.300. The third-order valence-corrected chi connectivity index (χ3v) is 2.79. The van der Waals surface area contributed by atoms with Crippen molar-refractivity contribution in [2.45, 2.75) is 18.6 Å². The van der Waals surface area contributed by atoms with Gasteiger partial charge in [-0.15, -0.1) is 0 Å². The zero-order chi connectivity index (χ0) is 8.77. The maximum atomic E-state index is 11.2. The van der Waals surface area contributed by atoms with Gasteiger partial charge in [-0.1, -0.05) is 0 Å². The van der Waals surface area contributed by atoms with Gasteiger partial charge in [0.05, 0.1) is 25.4 Å². The number of rotatable bonds is 1. The Kier molecular flexibility index (Phi) is 1.63. The van der Waals surface area contributed by atoms with Crippen LogP contribution in [0.5, 0.6) is 0 Å². The van der Waals surface area contributed by atoms with Crippen molar-refractivity contribution in [1.82, 2.24) is 5.32 Å². The molecule has 68 valence electrons. The highest BCUT2D eigenvalue weighted by Gasteiger charge is 2.68. The fraction of sp³-hybridized carbons (Fsp3) is 0.875. The van der Waals surface area contributed by atoms with Crippen LogP contribution < -0.4 is 5.32 Å². The van der Waals surface area contributed by atoms with Crippen molar-refractivity contribution in [3.05, 3.63) is 0 Å². The number of hydrogen-bond acceptors (Lipinski definition) is 4. The molecule has 0 aromatic heterocycles. The average Bonchev–Trinajstić information content (AvgIpc) is 2.69. The van der Waals surface area contributed by atoms with E-state index in [0.29, 0.717) is 6.61 Å². The summed E-state index contributed by atoms with van der Waals surface area (Å²) in [6, 6.07) is 0.165. The number of hydrogen-bond donors (Lipinski definition) is 1. The molecule has 1 saturated heterocycles. The molecule has 3 atom stereocenters. The van der Waals surface area contributed by atoms with Gasteiger partial charge in [0.15, 0.2) is 0 Å². The molecule has 2 fully saturated rings. The molecule has 1 heterocycles. The Hall–Kier alpha value is -0.610. The van der Waals surface area contributed by atoms with Gasteiger partial charge in [-0.05, 0) is 6.92 Å². The summed E-state index contributed by atoms with van der Waals surface area (Å²) in [5, 5.41) is 3.24. The first-order chi connectivity index (χ1) is 5.70. The summed E-state index contributed by atoms with van der Waals surface area (Å²) in [6.45, 7) is 3.46. The largest absolute Gasteiger partial charge is 0.469 e. The monoisotopic (exact) mass is 171 g/mol. The van der Waals surface area contributed by atoms with E-state index < -0.39 is 0 Å². The summed E-state index contributed by atoms with van der Waals surface area (Å²) < 4.78 is 10.2. The number of nitrogens with one attached hydrogen (secondary N) is 1. The second-order valence-electron chi connectivity index (χ2n) is 3.46. The van der Waals surface area contributed by atoms with Crippen LogP contribution in [0.1, 0.15) is 6.92 Å². The molecule has 1 aliphatic heterocycles. The van der Waals surface area contributed by atoms with Crippen LogP contribution >= 0.6 is 0 Å². The first kappa shape index (κ1) is 8.01. The summed E-state index contributed by atoms with van der Waals surface area (Å²) >= 11 is 0. The van der Waals surface area contributed by atoms with E-state index in [2.05, 4.69) is 10.1 Å². The number of morpholine rings is 1.